The van der Waals surface area contributed by atoms with E-state index < -0.39 is 17.6 Å². The largest absolute Gasteiger partial charge is 0.350 e. The van der Waals surface area contributed by atoms with Crippen molar-refractivity contribution in [3.05, 3.63) is 100 Å². The van der Waals surface area contributed by atoms with Crippen molar-refractivity contribution >= 4 is 28.8 Å². The van der Waals surface area contributed by atoms with E-state index in [-0.39, 0.29) is 17.0 Å². The quantitative estimate of drug-likeness (QED) is 0.617. The summed E-state index contributed by atoms with van der Waals surface area (Å²) in [5.74, 6) is -1.51. The molecule has 150 valence electrons. The molecule has 3 aromatic rings. The number of imide groups is 1. The Hall–Kier alpha value is -3.73. The molecule has 1 heterocycles. The summed E-state index contributed by atoms with van der Waals surface area (Å²) in [6.45, 7) is 5.88. The van der Waals surface area contributed by atoms with Crippen LogP contribution < -0.4 is 10.2 Å². The Morgan fingerprint density at radius 2 is 1.50 bits per heavy atom. The van der Waals surface area contributed by atoms with Crippen LogP contribution in [-0.4, -0.2) is 11.8 Å². The van der Waals surface area contributed by atoms with Crippen molar-refractivity contribution in [2.45, 2.75) is 20.8 Å². The van der Waals surface area contributed by atoms with Crippen LogP contribution in [0.5, 0.6) is 0 Å². The van der Waals surface area contributed by atoms with Crippen LogP contribution in [0, 0.1) is 26.6 Å². The number of carbonyl (C=O) groups excluding carboxylic acids is 2. The van der Waals surface area contributed by atoms with Crippen LogP contribution in [0.4, 0.5) is 15.8 Å². The first-order valence-electron chi connectivity index (χ1n) is 9.65. The summed E-state index contributed by atoms with van der Waals surface area (Å²) in [6.07, 6.45) is 0. The summed E-state index contributed by atoms with van der Waals surface area (Å²) in [6, 6.07) is 18.7. The van der Waals surface area contributed by atoms with E-state index >= 15 is 0 Å². The fraction of sp³-hybridized carbons (Fsp3) is 0.120. The Morgan fingerprint density at radius 1 is 0.800 bits per heavy atom. The van der Waals surface area contributed by atoms with Gasteiger partial charge in [-0.15, -0.1) is 0 Å². The molecule has 4 nitrogen and oxygen atoms in total. The van der Waals surface area contributed by atoms with Gasteiger partial charge >= 0.3 is 0 Å². The number of benzene rings is 3. The summed E-state index contributed by atoms with van der Waals surface area (Å²) in [5.41, 5.74) is 5.11. The van der Waals surface area contributed by atoms with Crippen molar-refractivity contribution in [1.82, 2.24) is 0 Å². The van der Waals surface area contributed by atoms with Gasteiger partial charge in [0.05, 0.1) is 11.3 Å². The SMILES string of the molecule is Cc1ccc(C2=C(Nc3ccc(C)cc3C)C(=O)N(c3cccc(F)c3)C2=O)cc1. The number of amides is 2. The zero-order valence-corrected chi connectivity index (χ0v) is 17.0. The van der Waals surface area contributed by atoms with Gasteiger partial charge in [0.1, 0.15) is 11.5 Å². The molecule has 1 aliphatic rings. The zero-order chi connectivity index (χ0) is 21.4. The predicted molar refractivity (Wildman–Crippen MR) is 117 cm³/mol. The summed E-state index contributed by atoms with van der Waals surface area (Å²) in [4.78, 5) is 27.7. The molecule has 0 aromatic heterocycles. The first-order chi connectivity index (χ1) is 14.3. The monoisotopic (exact) mass is 400 g/mol. The van der Waals surface area contributed by atoms with E-state index in [9.17, 15) is 14.0 Å². The van der Waals surface area contributed by atoms with Gasteiger partial charge in [0.25, 0.3) is 11.8 Å². The molecule has 5 heteroatoms. The normalized spacial score (nSPS) is 13.9. The van der Waals surface area contributed by atoms with E-state index in [1.807, 2.05) is 63.2 Å². The Kier molecular flexibility index (Phi) is 4.96. The van der Waals surface area contributed by atoms with Gasteiger partial charge in [0, 0.05) is 5.69 Å². The van der Waals surface area contributed by atoms with E-state index in [0.29, 0.717) is 5.56 Å². The molecule has 0 saturated carbocycles. The van der Waals surface area contributed by atoms with Gasteiger partial charge in [-0.2, -0.15) is 0 Å². The fourth-order valence-corrected chi connectivity index (χ4v) is 3.57. The van der Waals surface area contributed by atoms with Gasteiger partial charge < -0.3 is 5.32 Å². The molecule has 4 rings (SSSR count). The van der Waals surface area contributed by atoms with Crippen LogP contribution in [0.3, 0.4) is 0 Å². The second-order valence-corrected chi connectivity index (χ2v) is 7.48. The number of anilines is 2. The number of hydrogen-bond acceptors (Lipinski definition) is 3. The maximum atomic E-state index is 13.8. The number of nitrogens with one attached hydrogen (secondary N) is 1. The van der Waals surface area contributed by atoms with Crippen LogP contribution in [0.25, 0.3) is 5.57 Å². The molecule has 2 amide bonds. The first-order valence-corrected chi connectivity index (χ1v) is 9.65. The smallest absolute Gasteiger partial charge is 0.282 e. The number of hydrogen-bond donors (Lipinski definition) is 1. The summed E-state index contributed by atoms with van der Waals surface area (Å²) in [7, 11) is 0. The highest BCUT2D eigenvalue weighted by Crippen LogP contribution is 2.34. The molecule has 0 fully saturated rings. The number of rotatable bonds is 4. The number of carbonyl (C=O) groups is 2. The third kappa shape index (κ3) is 3.50. The number of aryl methyl sites for hydroxylation is 3. The third-order valence-corrected chi connectivity index (χ3v) is 5.13. The van der Waals surface area contributed by atoms with E-state index in [1.54, 1.807) is 6.07 Å². The summed E-state index contributed by atoms with van der Waals surface area (Å²) in [5, 5.41) is 3.17. The number of nitrogens with zero attached hydrogens (tertiary/aromatic N) is 1. The fourth-order valence-electron chi connectivity index (χ4n) is 3.57. The highest BCUT2D eigenvalue weighted by Gasteiger charge is 2.40. The Balaban J connectivity index is 1.84. The molecule has 0 bridgehead atoms. The summed E-state index contributed by atoms with van der Waals surface area (Å²) >= 11 is 0. The minimum atomic E-state index is -0.513. The van der Waals surface area contributed by atoms with Gasteiger partial charge in [-0.05, 0) is 56.2 Å². The van der Waals surface area contributed by atoms with Gasteiger partial charge in [-0.3, -0.25) is 9.59 Å². The zero-order valence-electron chi connectivity index (χ0n) is 17.0. The molecule has 0 radical (unpaired) electrons. The second-order valence-electron chi connectivity index (χ2n) is 7.48. The maximum absolute atomic E-state index is 13.8. The molecule has 30 heavy (non-hydrogen) atoms. The van der Waals surface area contributed by atoms with Crippen molar-refractivity contribution in [2.24, 2.45) is 0 Å². The predicted octanol–water partition coefficient (Wildman–Crippen LogP) is 5.15. The van der Waals surface area contributed by atoms with E-state index in [2.05, 4.69) is 5.32 Å². The Bertz CT molecular complexity index is 1200. The standard InChI is InChI=1S/C25H21FN2O2/c1-15-7-10-18(11-8-15)22-23(27-21-12-9-16(2)13-17(21)3)25(30)28(24(22)29)20-6-4-5-19(26)14-20/h4-14,27H,1-3H3. The van der Waals surface area contributed by atoms with Gasteiger partial charge in [0.2, 0.25) is 0 Å². The van der Waals surface area contributed by atoms with Crippen LogP contribution in [0.1, 0.15) is 22.3 Å². The average Bonchev–Trinajstić information content (AvgIpc) is 2.94. The van der Waals surface area contributed by atoms with E-state index in [0.717, 1.165) is 27.3 Å². The molecular weight excluding hydrogens is 379 g/mol. The van der Waals surface area contributed by atoms with E-state index in [4.69, 9.17) is 0 Å². The summed E-state index contributed by atoms with van der Waals surface area (Å²) < 4.78 is 13.8. The molecule has 1 N–H and O–H groups in total. The van der Waals surface area contributed by atoms with Crippen LogP contribution in [0.15, 0.2) is 72.4 Å². The lowest BCUT2D eigenvalue weighted by atomic mass is 10.0. The minimum Gasteiger partial charge on any atom is -0.350 e. The molecule has 0 atom stereocenters. The van der Waals surface area contributed by atoms with Gasteiger partial charge in [-0.1, -0.05) is 53.6 Å². The van der Waals surface area contributed by atoms with Crippen LogP contribution in [0.2, 0.25) is 0 Å². The Labute approximate surface area is 174 Å². The van der Waals surface area contributed by atoms with Crippen molar-refractivity contribution in [3.8, 4) is 0 Å². The lowest BCUT2D eigenvalue weighted by Crippen LogP contribution is -2.32. The first kappa shape index (κ1) is 19.6. The molecule has 0 spiro atoms. The molecular formula is C25H21FN2O2. The highest BCUT2D eigenvalue weighted by atomic mass is 19.1. The minimum absolute atomic E-state index is 0.181. The maximum Gasteiger partial charge on any atom is 0.282 e. The lowest BCUT2D eigenvalue weighted by molar-refractivity contribution is -0.120. The molecule has 0 unspecified atom stereocenters. The molecule has 3 aromatic carbocycles. The molecule has 1 aliphatic heterocycles. The van der Waals surface area contributed by atoms with Gasteiger partial charge in [0.15, 0.2) is 0 Å². The highest BCUT2D eigenvalue weighted by molar-refractivity contribution is 6.46. The van der Waals surface area contributed by atoms with Crippen LogP contribution >= 0.6 is 0 Å². The van der Waals surface area contributed by atoms with Crippen molar-refractivity contribution in [3.63, 3.8) is 0 Å². The molecule has 0 saturated heterocycles. The van der Waals surface area contributed by atoms with Crippen molar-refractivity contribution in [1.29, 1.82) is 0 Å². The van der Waals surface area contributed by atoms with Crippen LogP contribution in [-0.2, 0) is 9.59 Å². The van der Waals surface area contributed by atoms with E-state index in [1.165, 1.54) is 18.2 Å². The lowest BCUT2D eigenvalue weighted by Gasteiger charge is -2.16. The second kappa shape index (κ2) is 7.59. The molecule has 0 aliphatic carbocycles. The Morgan fingerprint density at radius 3 is 2.17 bits per heavy atom. The number of halogens is 1. The topological polar surface area (TPSA) is 49.4 Å². The third-order valence-electron chi connectivity index (χ3n) is 5.13. The average molecular weight is 400 g/mol. The van der Waals surface area contributed by atoms with Gasteiger partial charge in [-0.25, -0.2) is 9.29 Å². The van der Waals surface area contributed by atoms with Crippen molar-refractivity contribution in [2.75, 3.05) is 10.2 Å². The van der Waals surface area contributed by atoms with Crippen molar-refractivity contribution < 1.29 is 14.0 Å².